The second-order valence-electron chi connectivity index (χ2n) is 3.39. The van der Waals surface area contributed by atoms with E-state index in [0.717, 1.165) is 19.4 Å². The number of hydrogen-bond acceptors (Lipinski definition) is 2. The molecule has 0 fully saturated rings. The van der Waals surface area contributed by atoms with Gasteiger partial charge in [0.1, 0.15) is 0 Å². The Hall–Kier alpha value is -0.470. The monoisotopic (exact) mass is 210 g/mol. The molecule has 0 aliphatic heterocycles. The molecule has 0 aliphatic rings. The lowest BCUT2D eigenvalue weighted by Gasteiger charge is -2.08. The smallest absolute Gasteiger partial charge is 0.0716 e. The molecule has 1 aromatic rings. The summed E-state index contributed by atoms with van der Waals surface area (Å²) in [5.74, 6) is 0. The summed E-state index contributed by atoms with van der Waals surface area (Å²) in [5, 5.41) is 0.478. The maximum absolute atomic E-state index is 5.54. The van der Waals surface area contributed by atoms with E-state index in [-0.39, 0.29) is 0 Å². The summed E-state index contributed by atoms with van der Waals surface area (Å²) in [6.07, 6.45) is 2.14. The maximum Gasteiger partial charge on any atom is 0.0716 e. The predicted molar refractivity (Wildman–Crippen MR) is 63.8 cm³/mol. The zero-order valence-electron chi connectivity index (χ0n) is 8.65. The highest BCUT2D eigenvalue weighted by Crippen LogP contribution is 2.07. The second kappa shape index (κ2) is 6.91. The molecule has 1 aromatic carbocycles. The largest absolute Gasteiger partial charge is 0.377 e. The molecule has 0 amide bonds. The predicted octanol–water partition coefficient (Wildman–Crippen LogP) is 3.30. The topological polar surface area (TPSA) is 9.23 Å². The van der Waals surface area contributed by atoms with Crippen molar-refractivity contribution in [2.24, 2.45) is 0 Å². The Balaban J connectivity index is 2.10. The van der Waals surface area contributed by atoms with Crippen LogP contribution in [0.2, 0.25) is 0 Å². The average molecular weight is 210 g/mol. The van der Waals surface area contributed by atoms with Crippen LogP contribution in [-0.2, 0) is 11.3 Å². The number of rotatable bonds is 6. The molecule has 2 heteroatoms. The Morgan fingerprint density at radius 1 is 1.29 bits per heavy atom. The molecular formula is C12H18OS. The molecule has 1 atom stereocenters. The summed E-state index contributed by atoms with van der Waals surface area (Å²) in [5.41, 5.74) is 1.24. The van der Waals surface area contributed by atoms with E-state index in [1.54, 1.807) is 0 Å². The van der Waals surface area contributed by atoms with E-state index >= 15 is 0 Å². The Labute approximate surface area is 91.9 Å². The Morgan fingerprint density at radius 2 is 2.00 bits per heavy atom. The number of ether oxygens (including phenoxy) is 1. The highest BCUT2D eigenvalue weighted by atomic mass is 32.1. The van der Waals surface area contributed by atoms with Gasteiger partial charge < -0.3 is 4.74 Å². The van der Waals surface area contributed by atoms with Crippen LogP contribution in [0.3, 0.4) is 0 Å². The van der Waals surface area contributed by atoms with E-state index in [4.69, 9.17) is 4.74 Å². The van der Waals surface area contributed by atoms with Gasteiger partial charge >= 0.3 is 0 Å². The minimum Gasteiger partial charge on any atom is -0.377 e. The van der Waals surface area contributed by atoms with Crippen LogP contribution in [0.5, 0.6) is 0 Å². The molecule has 0 aromatic heterocycles. The summed E-state index contributed by atoms with van der Waals surface area (Å²) >= 11 is 4.41. The molecule has 0 saturated heterocycles. The van der Waals surface area contributed by atoms with Gasteiger partial charge in [-0.1, -0.05) is 37.3 Å². The molecule has 0 radical (unpaired) electrons. The first-order valence-electron chi connectivity index (χ1n) is 5.12. The molecule has 0 saturated carbocycles. The van der Waals surface area contributed by atoms with Gasteiger partial charge in [-0.05, 0) is 18.4 Å². The fourth-order valence-electron chi connectivity index (χ4n) is 1.19. The van der Waals surface area contributed by atoms with Crippen molar-refractivity contribution >= 4 is 12.6 Å². The highest BCUT2D eigenvalue weighted by Gasteiger charge is 1.99. The Kier molecular flexibility index (Phi) is 5.72. The molecule has 1 rings (SSSR count). The standard InChI is InChI=1S/C12H18OS/c1-2-12(14)8-9-13-10-11-6-4-3-5-7-11/h3-7,12,14H,2,8-10H2,1H3. The van der Waals surface area contributed by atoms with Crippen LogP contribution >= 0.6 is 12.6 Å². The van der Waals surface area contributed by atoms with Crippen LogP contribution < -0.4 is 0 Å². The zero-order chi connectivity index (χ0) is 10.2. The molecule has 0 aliphatic carbocycles. The fourth-order valence-corrected chi connectivity index (χ4v) is 1.29. The van der Waals surface area contributed by atoms with E-state index in [1.807, 2.05) is 18.2 Å². The minimum atomic E-state index is 0.478. The lowest BCUT2D eigenvalue weighted by atomic mass is 10.2. The van der Waals surface area contributed by atoms with E-state index in [0.29, 0.717) is 11.9 Å². The van der Waals surface area contributed by atoms with Gasteiger partial charge in [0.25, 0.3) is 0 Å². The molecule has 78 valence electrons. The molecule has 1 unspecified atom stereocenters. The molecule has 0 bridgehead atoms. The zero-order valence-corrected chi connectivity index (χ0v) is 9.54. The summed E-state index contributed by atoms with van der Waals surface area (Å²) < 4.78 is 5.54. The first-order valence-corrected chi connectivity index (χ1v) is 5.64. The van der Waals surface area contributed by atoms with Crippen molar-refractivity contribution in [3.8, 4) is 0 Å². The van der Waals surface area contributed by atoms with Gasteiger partial charge in [0.2, 0.25) is 0 Å². The first-order chi connectivity index (χ1) is 6.83. The Morgan fingerprint density at radius 3 is 2.64 bits per heavy atom. The van der Waals surface area contributed by atoms with Crippen molar-refractivity contribution < 1.29 is 4.74 Å². The van der Waals surface area contributed by atoms with Crippen molar-refractivity contribution in [1.82, 2.24) is 0 Å². The molecule has 1 nitrogen and oxygen atoms in total. The molecular weight excluding hydrogens is 192 g/mol. The van der Waals surface area contributed by atoms with Gasteiger partial charge in [-0.2, -0.15) is 12.6 Å². The summed E-state index contributed by atoms with van der Waals surface area (Å²) in [7, 11) is 0. The van der Waals surface area contributed by atoms with Gasteiger partial charge in [0.15, 0.2) is 0 Å². The van der Waals surface area contributed by atoms with Gasteiger partial charge in [0, 0.05) is 11.9 Å². The van der Waals surface area contributed by atoms with Gasteiger partial charge in [-0.15, -0.1) is 0 Å². The van der Waals surface area contributed by atoms with Crippen LogP contribution in [0, 0.1) is 0 Å². The summed E-state index contributed by atoms with van der Waals surface area (Å²) in [6, 6.07) is 10.2. The second-order valence-corrected chi connectivity index (χ2v) is 4.12. The minimum absolute atomic E-state index is 0.478. The Bertz CT molecular complexity index is 235. The van der Waals surface area contributed by atoms with E-state index in [2.05, 4.69) is 31.7 Å². The van der Waals surface area contributed by atoms with Crippen molar-refractivity contribution in [1.29, 1.82) is 0 Å². The van der Waals surface area contributed by atoms with Crippen LogP contribution in [0.25, 0.3) is 0 Å². The van der Waals surface area contributed by atoms with Crippen molar-refractivity contribution in [3.63, 3.8) is 0 Å². The van der Waals surface area contributed by atoms with Crippen molar-refractivity contribution in [2.75, 3.05) is 6.61 Å². The van der Waals surface area contributed by atoms with E-state index in [9.17, 15) is 0 Å². The molecule has 0 heterocycles. The van der Waals surface area contributed by atoms with Crippen LogP contribution in [0.4, 0.5) is 0 Å². The van der Waals surface area contributed by atoms with Crippen LogP contribution in [-0.4, -0.2) is 11.9 Å². The SMILES string of the molecule is CCC(S)CCOCc1ccccc1. The van der Waals surface area contributed by atoms with Crippen LogP contribution in [0.1, 0.15) is 25.3 Å². The molecule has 14 heavy (non-hydrogen) atoms. The molecule has 0 spiro atoms. The quantitative estimate of drug-likeness (QED) is 0.560. The normalized spacial score (nSPS) is 12.7. The van der Waals surface area contributed by atoms with E-state index < -0.39 is 0 Å². The van der Waals surface area contributed by atoms with Crippen molar-refractivity contribution in [3.05, 3.63) is 35.9 Å². The highest BCUT2D eigenvalue weighted by molar-refractivity contribution is 7.80. The third-order valence-corrected chi connectivity index (χ3v) is 2.80. The average Bonchev–Trinajstić information content (AvgIpc) is 2.25. The number of thiol groups is 1. The van der Waals surface area contributed by atoms with Gasteiger partial charge in [0.05, 0.1) is 6.61 Å². The molecule has 0 N–H and O–H groups in total. The maximum atomic E-state index is 5.54. The summed E-state index contributed by atoms with van der Waals surface area (Å²) in [4.78, 5) is 0. The fraction of sp³-hybridized carbons (Fsp3) is 0.500. The summed E-state index contributed by atoms with van der Waals surface area (Å²) in [6.45, 7) is 3.66. The van der Waals surface area contributed by atoms with Crippen molar-refractivity contribution in [2.45, 2.75) is 31.6 Å². The van der Waals surface area contributed by atoms with E-state index in [1.165, 1.54) is 5.56 Å². The number of benzene rings is 1. The first kappa shape index (κ1) is 11.6. The lowest BCUT2D eigenvalue weighted by molar-refractivity contribution is 0.118. The van der Waals surface area contributed by atoms with Gasteiger partial charge in [-0.25, -0.2) is 0 Å². The lowest BCUT2D eigenvalue weighted by Crippen LogP contribution is -2.03. The third-order valence-electron chi connectivity index (χ3n) is 2.18. The third kappa shape index (κ3) is 4.68. The van der Waals surface area contributed by atoms with Gasteiger partial charge in [-0.3, -0.25) is 0 Å². The number of hydrogen-bond donors (Lipinski definition) is 1. The van der Waals surface area contributed by atoms with Crippen LogP contribution in [0.15, 0.2) is 30.3 Å².